The first kappa shape index (κ1) is 21.0. The number of ketones is 1. The first-order chi connectivity index (χ1) is 14.0. The highest BCUT2D eigenvalue weighted by molar-refractivity contribution is 5.99. The van der Waals surface area contributed by atoms with Crippen molar-refractivity contribution in [1.82, 2.24) is 5.32 Å². The number of rotatable bonds is 10. The third-order valence-electron chi connectivity index (χ3n) is 4.88. The number of carbonyl (C=O) groups excluding carboxylic acids is 1. The number of aryl methyl sites for hydroxylation is 1. The van der Waals surface area contributed by atoms with E-state index in [-0.39, 0.29) is 12.4 Å². The SMILES string of the molecule is CC(C)NCC(O)COc1ccccc1C(=O)CCc1cccc2ccccc12. The Morgan fingerprint density at radius 3 is 2.55 bits per heavy atom. The maximum atomic E-state index is 12.9. The van der Waals surface area contributed by atoms with Gasteiger partial charge in [-0.2, -0.15) is 0 Å². The van der Waals surface area contributed by atoms with Gasteiger partial charge in [-0.1, -0.05) is 68.4 Å². The van der Waals surface area contributed by atoms with Crippen LogP contribution in [0.5, 0.6) is 5.75 Å². The van der Waals surface area contributed by atoms with Crippen molar-refractivity contribution in [3.8, 4) is 5.75 Å². The van der Waals surface area contributed by atoms with Gasteiger partial charge in [0.15, 0.2) is 5.78 Å². The Morgan fingerprint density at radius 1 is 1.00 bits per heavy atom. The van der Waals surface area contributed by atoms with Crippen LogP contribution in [-0.2, 0) is 6.42 Å². The number of para-hydroxylation sites is 1. The lowest BCUT2D eigenvalue weighted by molar-refractivity contribution is 0.0946. The summed E-state index contributed by atoms with van der Waals surface area (Å²) in [5.74, 6) is 0.572. The quantitative estimate of drug-likeness (QED) is 0.503. The fourth-order valence-electron chi connectivity index (χ4n) is 3.33. The Morgan fingerprint density at radius 2 is 1.72 bits per heavy atom. The predicted molar refractivity (Wildman–Crippen MR) is 118 cm³/mol. The van der Waals surface area contributed by atoms with Gasteiger partial charge in [0.1, 0.15) is 18.5 Å². The number of ether oxygens (including phenoxy) is 1. The van der Waals surface area contributed by atoms with Crippen LogP contribution in [0.4, 0.5) is 0 Å². The van der Waals surface area contributed by atoms with E-state index in [1.807, 2.05) is 44.2 Å². The summed E-state index contributed by atoms with van der Waals surface area (Å²) >= 11 is 0. The largest absolute Gasteiger partial charge is 0.490 e. The number of nitrogens with one attached hydrogen (secondary N) is 1. The third kappa shape index (κ3) is 5.89. The number of carbonyl (C=O) groups is 1. The van der Waals surface area contributed by atoms with Crippen molar-refractivity contribution in [2.45, 2.75) is 38.8 Å². The van der Waals surface area contributed by atoms with Gasteiger partial charge in [-0.25, -0.2) is 0 Å². The minimum absolute atomic E-state index is 0.0447. The lowest BCUT2D eigenvalue weighted by Gasteiger charge is -2.16. The van der Waals surface area contributed by atoms with Crippen molar-refractivity contribution < 1.29 is 14.6 Å². The van der Waals surface area contributed by atoms with Crippen LogP contribution in [0.3, 0.4) is 0 Å². The van der Waals surface area contributed by atoms with Crippen molar-refractivity contribution in [1.29, 1.82) is 0 Å². The zero-order valence-corrected chi connectivity index (χ0v) is 17.1. The molecule has 152 valence electrons. The molecule has 0 radical (unpaired) electrons. The molecule has 3 aromatic rings. The van der Waals surface area contributed by atoms with E-state index in [9.17, 15) is 9.90 Å². The van der Waals surface area contributed by atoms with Gasteiger partial charge < -0.3 is 15.2 Å². The molecule has 3 rings (SSSR count). The first-order valence-electron chi connectivity index (χ1n) is 10.2. The van der Waals surface area contributed by atoms with Gasteiger partial charge >= 0.3 is 0 Å². The van der Waals surface area contributed by atoms with E-state index in [0.717, 1.165) is 0 Å². The second kappa shape index (κ2) is 10.2. The van der Waals surface area contributed by atoms with Gasteiger partial charge in [-0.15, -0.1) is 0 Å². The average molecular weight is 392 g/mol. The monoisotopic (exact) mass is 391 g/mol. The van der Waals surface area contributed by atoms with E-state index in [4.69, 9.17) is 4.74 Å². The second-order valence-corrected chi connectivity index (χ2v) is 7.59. The molecule has 0 saturated carbocycles. The minimum Gasteiger partial charge on any atom is -0.490 e. The summed E-state index contributed by atoms with van der Waals surface area (Å²) in [6.07, 6.45) is 0.456. The average Bonchev–Trinajstić information content (AvgIpc) is 2.74. The molecule has 0 bridgehead atoms. The van der Waals surface area contributed by atoms with Gasteiger partial charge in [-0.3, -0.25) is 4.79 Å². The highest BCUT2D eigenvalue weighted by Gasteiger charge is 2.14. The normalized spacial score (nSPS) is 12.3. The Balaban J connectivity index is 1.64. The van der Waals surface area contributed by atoms with Crippen LogP contribution in [0.15, 0.2) is 66.7 Å². The third-order valence-corrected chi connectivity index (χ3v) is 4.88. The fourth-order valence-corrected chi connectivity index (χ4v) is 3.33. The van der Waals surface area contributed by atoms with Crippen LogP contribution < -0.4 is 10.1 Å². The summed E-state index contributed by atoms with van der Waals surface area (Å²) in [5.41, 5.74) is 1.74. The zero-order valence-electron chi connectivity index (χ0n) is 17.1. The maximum Gasteiger partial charge on any atom is 0.166 e. The fraction of sp³-hybridized carbons (Fsp3) is 0.320. The van der Waals surface area contributed by atoms with Crippen molar-refractivity contribution >= 4 is 16.6 Å². The van der Waals surface area contributed by atoms with Crippen molar-refractivity contribution in [2.75, 3.05) is 13.2 Å². The number of aliphatic hydroxyl groups is 1. The summed E-state index contributed by atoms with van der Waals surface area (Å²) in [6.45, 7) is 4.65. The Kier molecular flexibility index (Phi) is 7.39. The number of aliphatic hydroxyl groups excluding tert-OH is 1. The lowest BCUT2D eigenvalue weighted by Crippen LogP contribution is -2.35. The molecule has 1 unspecified atom stereocenters. The zero-order chi connectivity index (χ0) is 20.6. The number of benzene rings is 3. The van der Waals surface area contributed by atoms with Gasteiger partial charge in [0.05, 0.1) is 5.56 Å². The summed E-state index contributed by atoms with van der Waals surface area (Å²) in [4.78, 5) is 12.9. The Labute approximate surface area is 172 Å². The molecule has 4 heteroatoms. The van der Waals surface area contributed by atoms with Gasteiger partial charge in [0.2, 0.25) is 0 Å². The van der Waals surface area contributed by atoms with E-state index in [2.05, 4.69) is 29.6 Å². The minimum atomic E-state index is -0.628. The molecule has 0 fully saturated rings. The van der Waals surface area contributed by atoms with Crippen molar-refractivity contribution in [2.24, 2.45) is 0 Å². The molecule has 2 N–H and O–H groups in total. The molecule has 0 aliphatic heterocycles. The predicted octanol–water partition coefficient (Wildman–Crippen LogP) is 4.39. The van der Waals surface area contributed by atoms with Crippen LogP contribution in [0, 0.1) is 0 Å². The Hall–Kier alpha value is -2.69. The molecule has 0 aromatic heterocycles. The summed E-state index contributed by atoms with van der Waals surface area (Å²) in [5, 5.41) is 15.6. The molecule has 0 saturated heterocycles. The molecule has 0 spiro atoms. The summed E-state index contributed by atoms with van der Waals surface area (Å²) in [7, 11) is 0. The summed E-state index contributed by atoms with van der Waals surface area (Å²) < 4.78 is 5.76. The first-order valence-corrected chi connectivity index (χ1v) is 10.2. The number of Topliss-reactive ketones (excluding diaryl/α,β-unsaturated/α-hetero) is 1. The molecule has 29 heavy (non-hydrogen) atoms. The van der Waals surface area contributed by atoms with Gasteiger partial charge in [-0.05, 0) is 34.9 Å². The molecular weight excluding hydrogens is 362 g/mol. The molecule has 0 aliphatic carbocycles. The van der Waals surface area contributed by atoms with Crippen molar-refractivity contribution in [3.05, 3.63) is 77.9 Å². The van der Waals surface area contributed by atoms with Gasteiger partial charge in [0.25, 0.3) is 0 Å². The molecular formula is C25H29NO3. The lowest BCUT2D eigenvalue weighted by atomic mass is 9.98. The van der Waals surface area contributed by atoms with Crippen LogP contribution >= 0.6 is 0 Å². The van der Waals surface area contributed by atoms with E-state index < -0.39 is 6.10 Å². The van der Waals surface area contributed by atoms with Crippen LogP contribution in [0.25, 0.3) is 10.8 Å². The molecule has 4 nitrogen and oxygen atoms in total. The maximum absolute atomic E-state index is 12.9. The molecule has 0 aliphatic rings. The van der Waals surface area contributed by atoms with E-state index >= 15 is 0 Å². The highest BCUT2D eigenvalue weighted by Crippen LogP contribution is 2.23. The Bertz CT molecular complexity index is 946. The van der Waals surface area contributed by atoms with E-state index in [1.165, 1.54) is 16.3 Å². The van der Waals surface area contributed by atoms with E-state index in [0.29, 0.717) is 36.7 Å². The van der Waals surface area contributed by atoms with Crippen molar-refractivity contribution in [3.63, 3.8) is 0 Å². The standard InChI is InChI=1S/C25H29NO3/c1-18(2)26-16-21(27)17-29-25-13-6-5-12-23(25)24(28)15-14-20-10-7-9-19-8-3-4-11-22(19)20/h3-13,18,21,26-27H,14-17H2,1-2H3. The number of hydrogen-bond donors (Lipinski definition) is 2. The number of hydrogen-bond acceptors (Lipinski definition) is 4. The van der Waals surface area contributed by atoms with Gasteiger partial charge in [0, 0.05) is 19.0 Å². The topological polar surface area (TPSA) is 58.6 Å². The molecule has 0 amide bonds. The smallest absolute Gasteiger partial charge is 0.166 e. The van der Waals surface area contributed by atoms with Crippen LogP contribution in [-0.4, -0.2) is 36.2 Å². The summed E-state index contributed by atoms with van der Waals surface area (Å²) in [6, 6.07) is 22.0. The highest BCUT2D eigenvalue weighted by atomic mass is 16.5. The molecule has 1 atom stereocenters. The molecule has 0 heterocycles. The van der Waals surface area contributed by atoms with Crippen LogP contribution in [0.1, 0.15) is 36.2 Å². The molecule has 3 aromatic carbocycles. The van der Waals surface area contributed by atoms with Crippen LogP contribution in [0.2, 0.25) is 0 Å². The van der Waals surface area contributed by atoms with E-state index in [1.54, 1.807) is 12.1 Å². The second-order valence-electron chi connectivity index (χ2n) is 7.59. The number of fused-ring (bicyclic) bond motifs is 1.